The van der Waals surface area contributed by atoms with Crippen molar-refractivity contribution in [2.45, 2.75) is 32.4 Å². The standard InChI is InChI=1S/C16H23N3O2/c1-4-13(17)10-16-18-7-8-19(16)11-12-5-6-14(20-2)15(9-12)21-3/h5-9,13H,4,10-11,17H2,1-3H3. The number of ether oxygens (including phenoxy) is 2. The quantitative estimate of drug-likeness (QED) is 0.849. The lowest BCUT2D eigenvalue weighted by Gasteiger charge is -2.13. The first-order valence-electron chi connectivity index (χ1n) is 7.14. The van der Waals surface area contributed by atoms with E-state index in [1.807, 2.05) is 30.6 Å². The van der Waals surface area contributed by atoms with Crippen molar-refractivity contribution in [1.29, 1.82) is 0 Å². The highest BCUT2D eigenvalue weighted by Crippen LogP contribution is 2.27. The Labute approximate surface area is 125 Å². The van der Waals surface area contributed by atoms with E-state index in [-0.39, 0.29) is 6.04 Å². The van der Waals surface area contributed by atoms with Crippen LogP contribution in [0.25, 0.3) is 0 Å². The van der Waals surface area contributed by atoms with E-state index >= 15 is 0 Å². The molecule has 0 spiro atoms. The largest absolute Gasteiger partial charge is 0.493 e. The van der Waals surface area contributed by atoms with E-state index in [2.05, 4.69) is 16.5 Å². The van der Waals surface area contributed by atoms with Gasteiger partial charge in [-0.3, -0.25) is 0 Å². The molecule has 2 aromatic rings. The number of hydrogen-bond acceptors (Lipinski definition) is 4. The van der Waals surface area contributed by atoms with Crippen LogP contribution in [0.2, 0.25) is 0 Å². The minimum Gasteiger partial charge on any atom is -0.493 e. The third-order valence-corrected chi connectivity index (χ3v) is 3.57. The van der Waals surface area contributed by atoms with E-state index in [1.54, 1.807) is 14.2 Å². The molecule has 21 heavy (non-hydrogen) atoms. The van der Waals surface area contributed by atoms with Gasteiger partial charge in [0.05, 0.1) is 14.2 Å². The fraction of sp³-hybridized carbons (Fsp3) is 0.438. The van der Waals surface area contributed by atoms with Crippen LogP contribution in [0.3, 0.4) is 0 Å². The van der Waals surface area contributed by atoms with Crippen molar-refractivity contribution < 1.29 is 9.47 Å². The predicted molar refractivity (Wildman–Crippen MR) is 82.8 cm³/mol. The summed E-state index contributed by atoms with van der Waals surface area (Å²) in [7, 11) is 3.28. The van der Waals surface area contributed by atoms with E-state index in [9.17, 15) is 0 Å². The van der Waals surface area contributed by atoms with Gasteiger partial charge in [-0.25, -0.2) is 4.98 Å². The van der Waals surface area contributed by atoms with Crippen LogP contribution >= 0.6 is 0 Å². The molecule has 114 valence electrons. The number of nitrogens with two attached hydrogens (primary N) is 1. The van der Waals surface area contributed by atoms with Crippen LogP contribution < -0.4 is 15.2 Å². The van der Waals surface area contributed by atoms with Crippen molar-refractivity contribution in [2.24, 2.45) is 5.73 Å². The van der Waals surface area contributed by atoms with Gasteiger partial charge >= 0.3 is 0 Å². The normalized spacial score (nSPS) is 12.2. The molecule has 0 radical (unpaired) electrons. The summed E-state index contributed by atoms with van der Waals surface area (Å²) in [5, 5.41) is 0. The molecule has 5 nitrogen and oxygen atoms in total. The van der Waals surface area contributed by atoms with Gasteiger partial charge in [0.25, 0.3) is 0 Å². The van der Waals surface area contributed by atoms with Crippen LogP contribution in [-0.2, 0) is 13.0 Å². The van der Waals surface area contributed by atoms with Crippen LogP contribution in [0.4, 0.5) is 0 Å². The molecule has 0 aliphatic rings. The summed E-state index contributed by atoms with van der Waals surface area (Å²) in [6.45, 7) is 2.83. The highest BCUT2D eigenvalue weighted by molar-refractivity contribution is 5.43. The lowest BCUT2D eigenvalue weighted by Crippen LogP contribution is -2.23. The van der Waals surface area contributed by atoms with Crippen molar-refractivity contribution >= 4 is 0 Å². The Morgan fingerprint density at radius 2 is 2.00 bits per heavy atom. The van der Waals surface area contributed by atoms with Crippen LogP contribution in [0.5, 0.6) is 11.5 Å². The molecule has 2 N–H and O–H groups in total. The molecule has 0 aliphatic heterocycles. The number of benzene rings is 1. The Balaban J connectivity index is 2.17. The Hall–Kier alpha value is -2.01. The Morgan fingerprint density at radius 1 is 1.24 bits per heavy atom. The highest BCUT2D eigenvalue weighted by atomic mass is 16.5. The van der Waals surface area contributed by atoms with Gasteiger partial charge in [0, 0.05) is 31.4 Å². The fourth-order valence-electron chi connectivity index (χ4n) is 2.23. The summed E-state index contributed by atoms with van der Waals surface area (Å²) < 4.78 is 12.7. The van der Waals surface area contributed by atoms with Gasteiger partial charge in [0.1, 0.15) is 5.82 Å². The van der Waals surface area contributed by atoms with Crippen LogP contribution in [-0.4, -0.2) is 29.8 Å². The maximum absolute atomic E-state index is 6.02. The number of imidazole rings is 1. The topological polar surface area (TPSA) is 62.3 Å². The summed E-state index contributed by atoms with van der Waals surface area (Å²) >= 11 is 0. The van der Waals surface area contributed by atoms with Crippen molar-refractivity contribution in [2.75, 3.05) is 14.2 Å². The molecule has 5 heteroatoms. The van der Waals surface area contributed by atoms with Crippen molar-refractivity contribution in [3.05, 3.63) is 42.0 Å². The first-order chi connectivity index (χ1) is 10.2. The second-order valence-electron chi connectivity index (χ2n) is 5.03. The number of rotatable bonds is 7. The molecule has 1 aromatic carbocycles. The van der Waals surface area contributed by atoms with Gasteiger partial charge in [0.2, 0.25) is 0 Å². The van der Waals surface area contributed by atoms with Crippen LogP contribution in [0.1, 0.15) is 24.7 Å². The summed E-state index contributed by atoms with van der Waals surface area (Å²) in [5.74, 6) is 2.49. The Bertz CT molecular complexity index is 581. The zero-order valence-electron chi connectivity index (χ0n) is 12.9. The van der Waals surface area contributed by atoms with Crippen molar-refractivity contribution in [3.8, 4) is 11.5 Å². The van der Waals surface area contributed by atoms with E-state index in [1.165, 1.54) is 0 Å². The van der Waals surface area contributed by atoms with Crippen molar-refractivity contribution in [1.82, 2.24) is 9.55 Å². The monoisotopic (exact) mass is 289 g/mol. The molecule has 0 aliphatic carbocycles. The first kappa shape index (κ1) is 15.4. The second kappa shape index (κ2) is 7.13. The summed E-state index contributed by atoms with van der Waals surface area (Å²) in [5.41, 5.74) is 7.16. The molecule has 0 saturated heterocycles. The molecule has 1 unspecified atom stereocenters. The molecule has 0 saturated carbocycles. The Morgan fingerprint density at radius 3 is 2.67 bits per heavy atom. The SMILES string of the molecule is CCC(N)Cc1nccn1Cc1ccc(OC)c(OC)c1. The molecular weight excluding hydrogens is 266 g/mol. The summed E-state index contributed by atoms with van der Waals surface area (Å²) in [6.07, 6.45) is 5.53. The number of methoxy groups -OCH3 is 2. The molecule has 1 heterocycles. The average Bonchev–Trinajstić information content (AvgIpc) is 2.93. The fourth-order valence-corrected chi connectivity index (χ4v) is 2.23. The zero-order chi connectivity index (χ0) is 15.2. The zero-order valence-corrected chi connectivity index (χ0v) is 12.9. The number of aromatic nitrogens is 2. The van der Waals surface area contributed by atoms with E-state index in [4.69, 9.17) is 15.2 Å². The Kier molecular flexibility index (Phi) is 5.22. The minimum absolute atomic E-state index is 0.150. The van der Waals surface area contributed by atoms with Gasteiger partial charge in [0.15, 0.2) is 11.5 Å². The number of hydrogen-bond donors (Lipinski definition) is 1. The van der Waals surface area contributed by atoms with E-state index in [0.29, 0.717) is 0 Å². The molecule has 1 aromatic heterocycles. The predicted octanol–water partition coefficient (Wildman–Crippen LogP) is 2.23. The van der Waals surface area contributed by atoms with Crippen LogP contribution in [0.15, 0.2) is 30.6 Å². The average molecular weight is 289 g/mol. The molecule has 0 fully saturated rings. The lowest BCUT2D eigenvalue weighted by atomic mass is 10.1. The molecule has 2 rings (SSSR count). The highest BCUT2D eigenvalue weighted by Gasteiger charge is 2.10. The first-order valence-corrected chi connectivity index (χ1v) is 7.14. The van der Waals surface area contributed by atoms with Gasteiger partial charge in [-0.15, -0.1) is 0 Å². The third kappa shape index (κ3) is 3.76. The maximum atomic E-state index is 6.02. The van der Waals surface area contributed by atoms with Crippen LogP contribution in [0, 0.1) is 0 Å². The third-order valence-electron chi connectivity index (χ3n) is 3.57. The van der Waals surface area contributed by atoms with Gasteiger partial charge in [-0.2, -0.15) is 0 Å². The number of nitrogens with zero attached hydrogens (tertiary/aromatic N) is 2. The van der Waals surface area contributed by atoms with E-state index in [0.717, 1.165) is 42.3 Å². The molecule has 0 bridgehead atoms. The van der Waals surface area contributed by atoms with Gasteiger partial charge < -0.3 is 19.8 Å². The van der Waals surface area contributed by atoms with Gasteiger partial charge in [-0.1, -0.05) is 13.0 Å². The van der Waals surface area contributed by atoms with E-state index < -0.39 is 0 Å². The summed E-state index contributed by atoms with van der Waals surface area (Å²) in [4.78, 5) is 4.40. The van der Waals surface area contributed by atoms with Crippen molar-refractivity contribution in [3.63, 3.8) is 0 Å². The lowest BCUT2D eigenvalue weighted by molar-refractivity contribution is 0.354. The maximum Gasteiger partial charge on any atom is 0.161 e. The molecule has 0 amide bonds. The van der Waals surface area contributed by atoms with Gasteiger partial charge in [-0.05, 0) is 24.1 Å². The molecule has 1 atom stereocenters. The summed E-state index contributed by atoms with van der Waals surface area (Å²) in [6, 6.07) is 6.09. The second-order valence-corrected chi connectivity index (χ2v) is 5.03. The molecular formula is C16H23N3O2. The minimum atomic E-state index is 0.150. The smallest absolute Gasteiger partial charge is 0.161 e.